The van der Waals surface area contributed by atoms with Gasteiger partial charge in [0.1, 0.15) is 0 Å². The van der Waals surface area contributed by atoms with Crippen molar-refractivity contribution in [2.45, 2.75) is 12.8 Å². The highest BCUT2D eigenvalue weighted by Gasteiger charge is 2.28. The maximum atomic E-state index is 12.1. The van der Waals surface area contributed by atoms with Gasteiger partial charge in [0, 0.05) is 35.9 Å². The maximum absolute atomic E-state index is 12.1. The van der Waals surface area contributed by atoms with Crippen LogP contribution in [0.2, 0.25) is 0 Å². The number of aromatic nitrogens is 1. The largest absolute Gasteiger partial charge is 0.361 e. The van der Waals surface area contributed by atoms with Crippen molar-refractivity contribution < 1.29 is 18.0 Å². The number of rotatable bonds is 5. The number of amides is 2. The SMILES string of the molecule is O=C(NCCc1c[nH]c2ccccc12)C(=O)Nc1ccc(N2CCCS2(=O)=O)cc1. The van der Waals surface area contributed by atoms with E-state index in [4.69, 9.17) is 0 Å². The Labute approximate surface area is 174 Å². The van der Waals surface area contributed by atoms with Gasteiger partial charge in [-0.2, -0.15) is 0 Å². The maximum Gasteiger partial charge on any atom is 0.313 e. The van der Waals surface area contributed by atoms with Crippen LogP contribution in [0.3, 0.4) is 0 Å². The lowest BCUT2D eigenvalue weighted by Crippen LogP contribution is -2.36. The predicted octanol–water partition coefficient (Wildman–Crippen LogP) is 2.01. The molecule has 0 bridgehead atoms. The molecular formula is C21H22N4O4S. The lowest BCUT2D eigenvalue weighted by Gasteiger charge is -2.17. The van der Waals surface area contributed by atoms with Crippen molar-refractivity contribution in [3.8, 4) is 0 Å². The average Bonchev–Trinajstić information content (AvgIpc) is 3.31. The normalized spacial score (nSPS) is 15.3. The number of fused-ring (bicyclic) bond motifs is 1. The summed E-state index contributed by atoms with van der Waals surface area (Å²) in [5.41, 5.74) is 3.07. The quantitative estimate of drug-likeness (QED) is 0.542. The molecular weight excluding hydrogens is 404 g/mol. The van der Waals surface area contributed by atoms with Gasteiger partial charge in [0.2, 0.25) is 10.0 Å². The molecule has 3 N–H and O–H groups in total. The van der Waals surface area contributed by atoms with Crippen molar-refractivity contribution in [3.05, 3.63) is 60.3 Å². The Bertz CT molecular complexity index is 1190. The fourth-order valence-corrected chi connectivity index (χ4v) is 5.12. The van der Waals surface area contributed by atoms with Gasteiger partial charge >= 0.3 is 11.8 Å². The van der Waals surface area contributed by atoms with E-state index in [1.54, 1.807) is 24.3 Å². The molecule has 9 heteroatoms. The number of carbonyl (C=O) groups is 2. The van der Waals surface area contributed by atoms with Crippen LogP contribution in [0.5, 0.6) is 0 Å². The van der Waals surface area contributed by atoms with Crippen LogP contribution in [-0.2, 0) is 26.0 Å². The Hall–Kier alpha value is -3.33. The van der Waals surface area contributed by atoms with Crippen LogP contribution in [0, 0.1) is 0 Å². The number of hydrogen-bond acceptors (Lipinski definition) is 4. The molecule has 1 aliphatic rings. The minimum Gasteiger partial charge on any atom is -0.361 e. The van der Waals surface area contributed by atoms with Crippen molar-refractivity contribution in [2.75, 3.05) is 28.5 Å². The summed E-state index contributed by atoms with van der Waals surface area (Å²) in [7, 11) is -3.25. The summed E-state index contributed by atoms with van der Waals surface area (Å²) in [6.45, 7) is 0.784. The molecule has 30 heavy (non-hydrogen) atoms. The monoisotopic (exact) mass is 426 g/mol. The van der Waals surface area contributed by atoms with Crippen LogP contribution >= 0.6 is 0 Å². The standard InChI is InChI=1S/C21H22N4O4S/c26-20(22-11-10-15-14-23-19-5-2-1-4-18(15)19)21(27)24-16-6-8-17(9-7-16)25-12-3-13-30(25,28)29/h1-2,4-9,14,23H,3,10-13H2,(H,22,26)(H,24,27). The number of hydrogen-bond donors (Lipinski definition) is 3. The summed E-state index contributed by atoms with van der Waals surface area (Å²) in [5.74, 6) is -1.35. The molecule has 0 aliphatic carbocycles. The van der Waals surface area contributed by atoms with E-state index in [1.807, 2.05) is 30.5 Å². The predicted molar refractivity (Wildman–Crippen MR) is 116 cm³/mol. The first kappa shape index (κ1) is 20.0. The van der Waals surface area contributed by atoms with E-state index in [0.717, 1.165) is 16.5 Å². The topological polar surface area (TPSA) is 111 Å². The second-order valence-electron chi connectivity index (χ2n) is 7.11. The molecule has 0 atom stereocenters. The molecule has 4 rings (SSSR count). The molecule has 1 aliphatic heterocycles. The number of benzene rings is 2. The molecule has 0 spiro atoms. The van der Waals surface area contributed by atoms with E-state index < -0.39 is 21.8 Å². The minimum absolute atomic E-state index is 0.143. The van der Waals surface area contributed by atoms with E-state index >= 15 is 0 Å². The van der Waals surface area contributed by atoms with Crippen LogP contribution in [0.15, 0.2) is 54.7 Å². The molecule has 1 fully saturated rings. The van der Waals surface area contributed by atoms with Gasteiger partial charge in [-0.1, -0.05) is 18.2 Å². The van der Waals surface area contributed by atoms with Gasteiger partial charge in [0.05, 0.1) is 11.4 Å². The Morgan fingerprint density at radius 1 is 1.03 bits per heavy atom. The number of H-pyrrole nitrogens is 1. The molecule has 3 aromatic rings. The van der Waals surface area contributed by atoms with Gasteiger partial charge < -0.3 is 15.6 Å². The van der Waals surface area contributed by atoms with Crippen molar-refractivity contribution >= 4 is 44.1 Å². The number of aromatic amines is 1. The summed E-state index contributed by atoms with van der Waals surface area (Å²) in [6.07, 6.45) is 3.10. The summed E-state index contributed by atoms with van der Waals surface area (Å²) < 4.78 is 25.3. The van der Waals surface area contributed by atoms with Crippen LogP contribution in [0.4, 0.5) is 11.4 Å². The smallest absolute Gasteiger partial charge is 0.313 e. The van der Waals surface area contributed by atoms with E-state index in [9.17, 15) is 18.0 Å². The van der Waals surface area contributed by atoms with Crippen molar-refractivity contribution in [1.29, 1.82) is 0 Å². The Balaban J connectivity index is 1.29. The fourth-order valence-electron chi connectivity index (χ4n) is 3.56. The van der Waals surface area contributed by atoms with E-state index in [1.165, 1.54) is 4.31 Å². The zero-order valence-electron chi connectivity index (χ0n) is 16.2. The molecule has 8 nitrogen and oxygen atoms in total. The highest BCUT2D eigenvalue weighted by molar-refractivity contribution is 7.93. The van der Waals surface area contributed by atoms with Crippen molar-refractivity contribution in [1.82, 2.24) is 10.3 Å². The zero-order valence-corrected chi connectivity index (χ0v) is 17.0. The van der Waals surface area contributed by atoms with Crippen LogP contribution < -0.4 is 14.9 Å². The van der Waals surface area contributed by atoms with E-state index in [2.05, 4.69) is 15.6 Å². The minimum atomic E-state index is -3.25. The lowest BCUT2D eigenvalue weighted by molar-refractivity contribution is -0.136. The highest BCUT2D eigenvalue weighted by atomic mass is 32.2. The molecule has 0 saturated carbocycles. The summed E-state index contributed by atoms with van der Waals surface area (Å²) in [5, 5.41) is 6.24. The summed E-state index contributed by atoms with van der Waals surface area (Å²) in [4.78, 5) is 27.4. The molecule has 156 valence electrons. The highest BCUT2D eigenvalue weighted by Crippen LogP contribution is 2.25. The van der Waals surface area contributed by atoms with Crippen LogP contribution in [0.1, 0.15) is 12.0 Å². The van der Waals surface area contributed by atoms with Crippen molar-refractivity contribution in [2.24, 2.45) is 0 Å². The summed E-state index contributed by atoms with van der Waals surface area (Å²) in [6, 6.07) is 14.3. The molecule has 2 aromatic carbocycles. The van der Waals surface area contributed by atoms with Gasteiger partial charge in [-0.3, -0.25) is 13.9 Å². The van der Waals surface area contributed by atoms with E-state index in [0.29, 0.717) is 37.3 Å². The number of carbonyl (C=O) groups excluding carboxylic acids is 2. The third-order valence-electron chi connectivity index (χ3n) is 5.07. The molecule has 2 heterocycles. The van der Waals surface area contributed by atoms with E-state index in [-0.39, 0.29) is 5.75 Å². The van der Waals surface area contributed by atoms with Gasteiger partial charge in [-0.25, -0.2) is 8.42 Å². The molecule has 1 aromatic heterocycles. The summed E-state index contributed by atoms with van der Waals surface area (Å²) >= 11 is 0. The first-order valence-corrected chi connectivity index (χ1v) is 11.3. The Morgan fingerprint density at radius 3 is 2.53 bits per heavy atom. The average molecular weight is 426 g/mol. The van der Waals surface area contributed by atoms with Gasteiger partial charge in [-0.05, 0) is 48.7 Å². The second-order valence-corrected chi connectivity index (χ2v) is 9.12. The van der Waals surface area contributed by atoms with Crippen LogP contribution in [0.25, 0.3) is 10.9 Å². The lowest BCUT2D eigenvalue weighted by atomic mass is 10.1. The van der Waals surface area contributed by atoms with Gasteiger partial charge in [0.15, 0.2) is 0 Å². The van der Waals surface area contributed by atoms with Crippen molar-refractivity contribution in [3.63, 3.8) is 0 Å². The number of nitrogens with one attached hydrogen (secondary N) is 3. The third-order valence-corrected chi connectivity index (χ3v) is 6.94. The Kier molecular flexibility index (Phi) is 5.45. The Morgan fingerprint density at radius 2 is 1.80 bits per heavy atom. The third kappa shape index (κ3) is 4.16. The first-order valence-electron chi connectivity index (χ1n) is 9.69. The fraction of sp³-hybridized carbons (Fsp3) is 0.238. The number of nitrogens with zero attached hydrogens (tertiary/aromatic N) is 1. The van der Waals surface area contributed by atoms with Gasteiger partial charge in [-0.15, -0.1) is 0 Å². The first-order chi connectivity index (χ1) is 14.4. The zero-order chi connectivity index (χ0) is 21.1. The molecule has 1 saturated heterocycles. The van der Waals surface area contributed by atoms with Gasteiger partial charge in [0.25, 0.3) is 0 Å². The number of anilines is 2. The number of para-hydroxylation sites is 1. The molecule has 0 radical (unpaired) electrons. The molecule has 2 amide bonds. The number of sulfonamides is 1. The van der Waals surface area contributed by atoms with Crippen LogP contribution in [-0.4, -0.2) is 44.1 Å². The second kappa shape index (κ2) is 8.19. The molecule has 0 unspecified atom stereocenters.